The zero-order valence-corrected chi connectivity index (χ0v) is 11.7. The fourth-order valence-electron chi connectivity index (χ4n) is 1.50. The second-order valence-electron chi connectivity index (χ2n) is 4.67. The van der Waals surface area contributed by atoms with Gasteiger partial charge in [-0.2, -0.15) is 5.10 Å². The molecule has 0 amide bonds. The second kappa shape index (κ2) is 4.56. The highest BCUT2D eigenvalue weighted by Gasteiger charge is 2.24. The average Bonchev–Trinajstić information content (AvgIpc) is 2.42. The van der Waals surface area contributed by atoms with Crippen LogP contribution in [0.15, 0.2) is 5.03 Å². The average molecular weight is 260 g/mol. The lowest BCUT2D eigenvalue weighted by Gasteiger charge is -2.11. The zero-order chi connectivity index (χ0) is 13.4. The van der Waals surface area contributed by atoms with Gasteiger partial charge in [-0.15, -0.1) is 0 Å². The molecule has 0 aliphatic heterocycles. The summed E-state index contributed by atoms with van der Waals surface area (Å²) in [6.45, 7) is 7.62. The Labute approximate surface area is 102 Å². The Bertz CT molecular complexity index is 503. The highest BCUT2D eigenvalue weighted by Crippen LogP contribution is 2.30. The van der Waals surface area contributed by atoms with Gasteiger partial charge < -0.3 is 11.1 Å². The summed E-state index contributed by atoms with van der Waals surface area (Å²) >= 11 is 0. The summed E-state index contributed by atoms with van der Waals surface area (Å²) in [6, 6.07) is 0.0980. The molecule has 0 aromatic carbocycles. The molecule has 0 atom stereocenters. The van der Waals surface area contributed by atoms with E-state index in [1.54, 1.807) is 0 Å². The van der Waals surface area contributed by atoms with Gasteiger partial charge in [0.2, 0.25) is 5.03 Å². The van der Waals surface area contributed by atoms with Crippen LogP contribution in [0.2, 0.25) is 0 Å². The van der Waals surface area contributed by atoms with E-state index in [-0.39, 0.29) is 17.1 Å². The van der Waals surface area contributed by atoms with Crippen molar-refractivity contribution in [1.82, 2.24) is 9.78 Å². The molecule has 1 aromatic rings. The number of nitrogens with two attached hydrogens (primary N) is 1. The Morgan fingerprint density at radius 3 is 2.18 bits per heavy atom. The Kier molecular flexibility index (Phi) is 3.71. The van der Waals surface area contributed by atoms with E-state index in [0.717, 1.165) is 6.26 Å². The lowest BCUT2D eigenvalue weighted by atomic mass is 10.3. The van der Waals surface area contributed by atoms with Crippen LogP contribution in [-0.4, -0.2) is 30.5 Å². The fraction of sp³-hybridized carbons (Fsp3) is 0.700. The van der Waals surface area contributed by atoms with Gasteiger partial charge in [-0.05, 0) is 27.7 Å². The van der Waals surface area contributed by atoms with Crippen molar-refractivity contribution < 1.29 is 8.42 Å². The van der Waals surface area contributed by atoms with Crippen LogP contribution in [0.25, 0.3) is 0 Å². The standard InChI is InChI=1S/C10H20N4O2S/c1-6(2)12-8-9(11)14(7(3)4)13-10(8)17(5,15)16/h6-7,12H,11H2,1-5H3. The molecule has 0 unspecified atom stereocenters. The van der Waals surface area contributed by atoms with Crippen molar-refractivity contribution in [1.29, 1.82) is 0 Å². The number of hydrogen-bond acceptors (Lipinski definition) is 5. The van der Waals surface area contributed by atoms with E-state index in [1.807, 2.05) is 27.7 Å². The van der Waals surface area contributed by atoms with E-state index in [2.05, 4.69) is 10.4 Å². The first kappa shape index (κ1) is 13.8. The molecule has 0 fully saturated rings. The lowest BCUT2D eigenvalue weighted by molar-refractivity contribution is 0.523. The first-order valence-corrected chi connectivity index (χ1v) is 7.38. The van der Waals surface area contributed by atoms with Crippen LogP contribution in [0.5, 0.6) is 0 Å². The van der Waals surface area contributed by atoms with Gasteiger partial charge in [0, 0.05) is 18.3 Å². The maximum absolute atomic E-state index is 11.7. The normalized spacial score (nSPS) is 12.4. The summed E-state index contributed by atoms with van der Waals surface area (Å²) in [7, 11) is -3.39. The molecule has 0 radical (unpaired) electrons. The van der Waals surface area contributed by atoms with Gasteiger partial charge in [-0.1, -0.05) is 0 Å². The highest BCUT2D eigenvalue weighted by atomic mass is 32.2. The largest absolute Gasteiger partial charge is 0.382 e. The third-order valence-electron chi connectivity index (χ3n) is 2.19. The molecule has 98 valence electrons. The Morgan fingerprint density at radius 2 is 1.82 bits per heavy atom. The van der Waals surface area contributed by atoms with Gasteiger partial charge in [-0.3, -0.25) is 0 Å². The Balaban J connectivity index is 3.43. The molecule has 0 saturated heterocycles. The smallest absolute Gasteiger partial charge is 0.202 e. The molecule has 3 N–H and O–H groups in total. The molecule has 0 spiro atoms. The topological polar surface area (TPSA) is 90.0 Å². The molecule has 0 saturated carbocycles. The molecule has 6 nitrogen and oxygen atoms in total. The van der Waals surface area contributed by atoms with Gasteiger partial charge in [0.1, 0.15) is 11.5 Å². The summed E-state index contributed by atoms with van der Waals surface area (Å²) in [5.74, 6) is 0.356. The van der Waals surface area contributed by atoms with E-state index >= 15 is 0 Å². The number of hydrogen-bond donors (Lipinski definition) is 2. The molecular weight excluding hydrogens is 240 g/mol. The maximum atomic E-state index is 11.7. The summed E-state index contributed by atoms with van der Waals surface area (Å²) in [4.78, 5) is 0. The molecule has 0 aliphatic rings. The van der Waals surface area contributed by atoms with Gasteiger partial charge >= 0.3 is 0 Å². The SMILES string of the molecule is CC(C)Nc1c(S(C)(=O)=O)nn(C(C)C)c1N. The van der Waals surface area contributed by atoms with Crippen LogP contribution in [0.1, 0.15) is 33.7 Å². The fourth-order valence-corrected chi connectivity index (χ4v) is 2.27. The van der Waals surface area contributed by atoms with Gasteiger partial charge in [-0.25, -0.2) is 13.1 Å². The molecule has 17 heavy (non-hydrogen) atoms. The minimum absolute atomic E-state index is 0.0115. The Morgan fingerprint density at radius 1 is 1.29 bits per heavy atom. The van der Waals surface area contributed by atoms with Crippen molar-refractivity contribution in [2.45, 2.75) is 44.8 Å². The van der Waals surface area contributed by atoms with Gasteiger partial charge in [0.15, 0.2) is 9.84 Å². The van der Waals surface area contributed by atoms with Gasteiger partial charge in [0.05, 0.1) is 0 Å². The van der Waals surface area contributed by atoms with Crippen molar-refractivity contribution in [3.8, 4) is 0 Å². The number of aromatic nitrogens is 2. The molecule has 1 aromatic heterocycles. The van der Waals surface area contributed by atoms with E-state index in [4.69, 9.17) is 5.73 Å². The maximum Gasteiger partial charge on any atom is 0.202 e. The predicted octanol–water partition coefficient (Wildman–Crippen LogP) is 1.27. The quantitative estimate of drug-likeness (QED) is 0.851. The predicted molar refractivity (Wildman–Crippen MR) is 68.9 cm³/mol. The van der Waals surface area contributed by atoms with Crippen LogP contribution in [-0.2, 0) is 9.84 Å². The number of nitrogens with one attached hydrogen (secondary N) is 1. The van der Waals surface area contributed by atoms with Crippen molar-refractivity contribution in [2.75, 3.05) is 17.3 Å². The van der Waals surface area contributed by atoms with E-state index in [0.29, 0.717) is 11.5 Å². The Hall–Kier alpha value is -1.24. The van der Waals surface area contributed by atoms with Crippen LogP contribution in [0.3, 0.4) is 0 Å². The minimum Gasteiger partial charge on any atom is -0.382 e. The van der Waals surface area contributed by atoms with Crippen molar-refractivity contribution in [2.24, 2.45) is 0 Å². The number of nitrogen functional groups attached to an aromatic ring is 1. The first-order chi connectivity index (χ1) is 7.64. The molecule has 1 rings (SSSR count). The van der Waals surface area contributed by atoms with Crippen molar-refractivity contribution in [3.05, 3.63) is 0 Å². The van der Waals surface area contributed by atoms with Crippen LogP contribution in [0.4, 0.5) is 11.5 Å². The second-order valence-corrected chi connectivity index (χ2v) is 6.61. The first-order valence-electron chi connectivity index (χ1n) is 5.49. The van der Waals surface area contributed by atoms with Crippen LogP contribution in [0, 0.1) is 0 Å². The summed E-state index contributed by atoms with van der Waals surface area (Å²) in [5, 5.41) is 7.12. The monoisotopic (exact) mass is 260 g/mol. The number of nitrogens with zero attached hydrogens (tertiary/aromatic N) is 2. The number of anilines is 2. The number of rotatable bonds is 4. The summed E-state index contributed by atoms with van der Waals surface area (Å²) in [6.07, 6.45) is 1.13. The third kappa shape index (κ3) is 2.91. The summed E-state index contributed by atoms with van der Waals surface area (Å²) in [5.41, 5.74) is 6.32. The summed E-state index contributed by atoms with van der Waals surface area (Å²) < 4.78 is 24.8. The lowest BCUT2D eigenvalue weighted by Crippen LogP contribution is -2.13. The highest BCUT2D eigenvalue weighted by molar-refractivity contribution is 7.90. The third-order valence-corrected chi connectivity index (χ3v) is 3.18. The van der Waals surface area contributed by atoms with Crippen LogP contribution < -0.4 is 11.1 Å². The minimum atomic E-state index is -3.39. The molecule has 0 aliphatic carbocycles. The van der Waals surface area contributed by atoms with E-state index in [1.165, 1.54) is 4.68 Å². The van der Waals surface area contributed by atoms with E-state index in [9.17, 15) is 8.42 Å². The molecular formula is C10H20N4O2S. The molecule has 1 heterocycles. The number of sulfone groups is 1. The van der Waals surface area contributed by atoms with Gasteiger partial charge in [0.25, 0.3) is 0 Å². The van der Waals surface area contributed by atoms with Crippen LogP contribution >= 0.6 is 0 Å². The van der Waals surface area contributed by atoms with Crippen molar-refractivity contribution >= 4 is 21.3 Å². The van der Waals surface area contributed by atoms with E-state index < -0.39 is 9.84 Å². The molecule has 7 heteroatoms. The van der Waals surface area contributed by atoms with Crippen molar-refractivity contribution in [3.63, 3.8) is 0 Å². The molecule has 0 bridgehead atoms. The zero-order valence-electron chi connectivity index (χ0n) is 10.9.